The lowest BCUT2D eigenvalue weighted by atomic mass is 10.1. The highest BCUT2D eigenvalue weighted by molar-refractivity contribution is 7.10. The van der Waals surface area contributed by atoms with Gasteiger partial charge in [0.25, 0.3) is 0 Å². The molecular formula is C16H16FNO2S. The Morgan fingerprint density at radius 2 is 2.24 bits per heavy atom. The van der Waals surface area contributed by atoms with E-state index in [9.17, 15) is 9.18 Å². The molecule has 2 aromatic rings. The lowest BCUT2D eigenvalue weighted by molar-refractivity contribution is -0.117. The van der Waals surface area contributed by atoms with Crippen LogP contribution in [-0.4, -0.2) is 13.0 Å². The number of halogens is 1. The number of methoxy groups -OCH3 is 1. The van der Waals surface area contributed by atoms with E-state index in [2.05, 4.69) is 5.32 Å². The zero-order valence-corrected chi connectivity index (χ0v) is 12.6. The van der Waals surface area contributed by atoms with Gasteiger partial charge in [0.1, 0.15) is 0 Å². The topological polar surface area (TPSA) is 38.3 Å². The molecule has 3 nitrogen and oxygen atoms in total. The van der Waals surface area contributed by atoms with Crippen molar-refractivity contribution in [3.05, 3.63) is 58.0 Å². The molecule has 0 aliphatic heterocycles. The Labute approximate surface area is 127 Å². The predicted octanol–water partition coefficient (Wildman–Crippen LogP) is 3.79. The van der Waals surface area contributed by atoms with Crippen molar-refractivity contribution < 1.29 is 13.9 Å². The van der Waals surface area contributed by atoms with Crippen molar-refractivity contribution in [1.29, 1.82) is 0 Å². The first-order chi connectivity index (χ1) is 10.1. The fourth-order valence-corrected chi connectivity index (χ4v) is 2.46. The highest BCUT2D eigenvalue weighted by Gasteiger charge is 2.11. The maximum Gasteiger partial charge on any atom is 0.244 e. The molecule has 21 heavy (non-hydrogen) atoms. The second-order valence-corrected chi connectivity index (χ2v) is 5.45. The van der Waals surface area contributed by atoms with E-state index in [1.807, 2.05) is 17.5 Å². The van der Waals surface area contributed by atoms with Crippen molar-refractivity contribution in [3.8, 4) is 5.75 Å². The molecule has 1 unspecified atom stereocenters. The highest BCUT2D eigenvalue weighted by Crippen LogP contribution is 2.21. The van der Waals surface area contributed by atoms with Gasteiger partial charge in [0, 0.05) is 11.0 Å². The van der Waals surface area contributed by atoms with Crippen LogP contribution >= 0.6 is 11.3 Å². The van der Waals surface area contributed by atoms with Gasteiger partial charge in [-0.3, -0.25) is 4.79 Å². The van der Waals surface area contributed by atoms with Crippen LogP contribution in [0.5, 0.6) is 5.75 Å². The van der Waals surface area contributed by atoms with E-state index in [0.29, 0.717) is 5.56 Å². The Morgan fingerprint density at radius 1 is 1.43 bits per heavy atom. The van der Waals surface area contributed by atoms with Gasteiger partial charge in [-0.15, -0.1) is 11.3 Å². The first-order valence-electron chi connectivity index (χ1n) is 6.45. The summed E-state index contributed by atoms with van der Waals surface area (Å²) in [5, 5.41) is 4.74. The van der Waals surface area contributed by atoms with Gasteiger partial charge < -0.3 is 10.1 Å². The molecule has 110 valence electrons. The molecular weight excluding hydrogens is 289 g/mol. The van der Waals surface area contributed by atoms with Gasteiger partial charge in [-0.2, -0.15) is 0 Å². The molecule has 0 spiro atoms. The number of thiophene rings is 1. The normalized spacial score (nSPS) is 12.3. The van der Waals surface area contributed by atoms with Crippen molar-refractivity contribution in [3.63, 3.8) is 0 Å². The first kappa shape index (κ1) is 15.3. The minimum Gasteiger partial charge on any atom is -0.494 e. The lowest BCUT2D eigenvalue weighted by Gasteiger charge is -2.14. The van der Waals surface area contributed by atoms with Crippen molar-refractivity contribution in [2.24, 2.45) is 0 Å². The minimum atomic E-state index is -0.440. The van der Waals surface area contributed by atoms with Crippen LogP contribution in [0.1, 0.15) is 23.4 Å². The molecule has 1 atom stereocenters. The average molecular weight is 305 g/mol. The van der Waals surface area contributed by atoms with Crippen LogP contribution in [0, 0.1) is 5.82 Å². The third-order valence-corrected chi connectivity index (χ3v) is 3.81. The fourth-order valence-electron chi connectivity index (χ4n) is 1.84. The molecule has 0 saturated carbocycles. The van der Waals surface area contributed by atoms with Gasteiger partial charge in [-0.25, -0.2) is 4.39 Å². The number of hydrogen-bond donors (Lipinski definition) is 1. The monoisotopic (exact) mass is 305 g/mol. The molecule has 0 fully saturated rings. The number of ether oxygens (including phenoxy) is 1. The third kappa shape index (κ3) is 4.16. The summed E-state index contributed by atoms with van der Waals surface area (Å²) in [6.07, 6.45) is 3.23. The van der Waals surface area contributed by atoms with E-state index >= 15 is 0 Å². The van der Waals surface area contributed by atoms with E-state index in [0.717, 1.165) is 4.88 Å². The molecule has 0 bridgehead atoms. The zero-order chi connectivity index (χ0) is 15.2. The number of benzene rings is 1. The number of nitrogens with one attached hydrogen (secondary N) is 1. The van der Waals surface area contributed by atoms with E-state index < -0.39 is 5.82 Å². The summed E-state index contributed by atoms with van der Waals surface area (Å²) in [6.45, 7) is 1.80. The number of carbonyl (C=O) groups is 1. The molecule has 0 aliphatic carbocycles. The second-order valence-electron chi connectivity index (χ2n) is 4.47. The van der Waals surface area contributed by atoms with E-state index in [4.69, 9.17) is 4.74 Å². The predicted molar refractivity (Wildman–Crippen MR) is 82.9 cm³/mol. The fraction of sp³-hybridized carbons (Fsp3) is 0.188. The molecule has 2 rings (SSSR count). The van der Waals surface area contributed by atoms with Crippen LogP contribution < -0.4 is 10.1 Å². The van der Waals surface area contributed by atoms with Gasteiger partial charge >= 0.3 is 0 Å². The van der Waals surface area contributed by atoms with Gasteiger partial charge in [-0.1, -0.05) is 12.1 Å². The molecule has 0 aliphatic rings. The largest absolute Gasteiger partial charge is 0.494 e. The molecule has 0 radical (unpaired) electrons. The van der Waals surface area contributed by atoms with Crippen molar-refractivity contribution in [2.45, 2.75) is 13.0 Å². The maximum absolute atomic E-state index is 13.6. The van der Waals surface area contributed by atoms with Crippen LogP contribution in [0.25, 0.3) is 6.08 Å². The summed E-state index contributed by atoms with van der Waals surface area (Å²) < 4.78 is 18.5. The van der Waals surface area contributed by atoms with Gasteiger partial charge in [0.05, 0.1) is 13.2 Å². The number of carbonyl (C=O) groups excluding carboxylic acids is 1. The third-order valence-electron chi connectivity index (χ3n) is 2.98. The SMILES string of the molecule is COc1ccc(C(C)NC(=O)/C=C/c2cccs2)cc1F. The molecule has 1 heterocycles. The highest BCUT2D eigenvalue weighted by atomic mass is 32.1. The van der Waals surface area contributed by atoms with Gasteiger partial charge in [-0.05, 0) is 42.1 Å². The summed E-state index contributed by atoms with van der Waals surface area (Å²) >= 11 is 1.56. The zero-order valence-electron chi connectivity index (χ0n) is 11.8. The molecule has 1 amide bonds. The van der Waals surface area contributed by atoms with E-state index in [-0.39, 0.29) is 17.7 Å². The minimum absolute atomic E-state index is 0.190. The van der Waals surface area contributed by atoms with Gasteiger partial charge in [0.15, 0.2) is 11.6 Å². The van der Waals surface area contributed by atoms with Crippen molar-refractivity contribution in [2.75, 3.05) is 7.11 Å². The van der Waals surface area contributed by atoms with Crippen molar-refractivity contribution in [1.82, 2.24) is 5.32 Å². The van der Waals surface area contributed by atoms with E-state index in [1.54, 1.807) is 36.5 Å². The molecule has 0 saturated heterocycles. The first-order valence-corrected chi connectivity index (χ1v) is 7.33. The van der Waals surface area contributed by atoms with Crippen LogP contribution in [0.3, 0.4) is 0 Å². The Balaban J connectivity index is 1.99. The van der Waals surface area contributed by atoms with Crippen molar-refractivity contribution >= 4 is 23.3 Å². The molecule has 5 heteroatoms. The summed E-state index contributed by atoms with van der Waals surface area (Å²) in [5.74, 6) is -0.466. The Bertz CT molecular complexity index is 638. The lowest BCUT2D eigenvalue weighted by Crippen LogP contribution is -2.24. The number of rotatable bonds is 5. The summed E-state index contributed by atoms with van der Waals surface area (Å²) in [7, 11) is 1.42. The van der Waals surface area contributed by atoms with Crippen LogP contribution in [-0.2, 0) is 4.79 Å². The molecule has 1 aromatic heterocycles. The molecule has 1 aromatic carbocycles. The van der Waals surface area contributed by atoms with Crippen LogP contribution in [0.15, 0.2) is 41.8 Å². The van der Waals surface area contributed by atoms with Crippen LogP contribution in [0.4, 0.5) is 4.39 Å². The Kier molecular flexibility index (Phi) is 5.11. The summed E-state index contributed by atoms with van der Waals surface area (Å²) in [5.41, 5.74) is 0.686. The van der Waals surface area contributed by atoms with Crippen LogP contribution in [0.2, 0.25) is 0 Å². The second kappa shape index (κ2) is 7.04. The smallest absolute Gasteiger partial charge is 0.244 e. The van der Waals surface area contributed by atoms with Gasteiger partial charge in [0.2, 0.25) is 5.91 Å². The number of hydrogen-bond acceptors (Lipinski definition) is 3. The maximum atomic E-state index is 13.6. The van der Waals surface area contributed by atoms with E-state index in [1.165, 1.54) is 19.3 Å². The standard InChI is InChI=1S/C16H16FNO2S/c1-11(12-5-7-15(20-2)14(17)10-12)18-16(19)8-6-13-4-3-9-21-13/h3-11H,1-2H3,(H,18,19)/b8-6+. The summed E-state index contributed by atoms with van der Waals surface area (Å²) in [4.78, 5) is 12.8. The average Bonchev–Trinajstić information content (AvgIpc) is 2.98. The number of amides is 1. The Hall–Kier alpha value is -2.14. The molecule has 1 N–H and O–H groups in total. The summed E-state index contributed by atoms with van der Waals surface area (Å²) in [6, 6.07) is 8.21. The quantitative estimate of drug-likeness (QED) is 0.854. The Morgan fingerprint density at radius 3 is 2.86 bits per heavy atom.